The van der Waals surface area contributed by atoms with Gasteiger partial charge in [-0.05, 0) is 86.2 Å². The number of thioether (sulfide) groups is 1. The Balaban J connectivity index is 1.44. The van der Waals surface area contributed by atoms with Crippen LogP contribution in [0, 0.1) is 0 Å². The molecule has 0 radical (unpaired) electrons. The number of carbonyl (C=O) groups excluding carboxylic acids is 3. The summed E-state index contributed by atoms with van der Waals surface area (Å²) in [6.07, 6.45) is 1.60. The summed E-state index contributed by atoms with van der Waals surface area (Å²) < 4.78 is 5.49. The fourth-order valence-electron chi connectivity index (χ4n) is 3.84. The van der Waals surface area contributed by atoms with E-state index in [-0.39, 0.29) is 16.6 Å². The van der Waals surface area contributed by atoms with Crippen molar-refractivity contribution in [2.24, 2.45) is 0 Å². The molecule has 0 aliphatic heterocycles. The van der Waals surface area contributed by atoms with Gasteiger partial charge in [-0.2, -0.15) is 0 Å². The molecule has 3 amide bonds. The number of amides is 3. The molecule has 7 nitrogen and oxygen atoms in total. The first-order valence-corrected chi connectivity index (χ1v) is 15.0. The van der Waals surface area contributed by atoms with Crippen molar-refractivity contribution in [2.45, 2.75) is 24.0 Å². The van der Waals surface area contributed by atoms with Gasteiger partial charge in [-0.15, -0.1) is 11.8 Å². The molecule has 220 valence electrons. The molecule has 0 saturated carbocycles. The van der Waals surface area contributed by atoms with Gasteiger partial charge in [-0.3, -0.25) is 14.4 Å². The minimum Gasteiger partial charge on any atom is -0.494 e. The minimum absolute atomic E-state index is 0.0708. The molecule has 0 aliphatic rings. The van der Waals surface area contributed by atoms with Crippen LogP contribution >= 0.6 is 35.0 Å². The fraction of sp³-hybridized carbons (Fsp3) is 0.121. The monoisotopic (exact) mass is 633 g/mol. The number of rotatable bonds is 11. The summed E-state index contributed by atoms with van der Waals surface area (Å²) in [5.41, 5.74) is 2.16. The van der Waals surface area contributed by atoms with Crippen LogP contribution in [0.3, 0.4) is 0 Å². The number of hydrogen-bond acceptors (Lipinski definition) is 5. The summed E-state index contributed by atoms with van der Waals surface area (Å²) >= 11 is 13.6. The smallest absolute Gasteiger partial charge is 0.272 e. The molecular weight excluding hydrogens is 605 g/mol. The molecule has 0 bridgehead atoms. The van der Waals surface area contributed by atoms with Crippen molar-refractivity contribution >= 4 is 70.1 Å². The van der Waals surface area contributed by atoms with Gasteiger partial charge in [0.25, 0.3) is 11.8 Å². The lowest BCUT2D eigenvalue weighted by Crippen LogP contribution is -2.30. The van der Waals surface area contributed by atoms with Crippen LogP contribution in [0.25, 0.3) is 6.08 Å². The van der Waals surface area contributed by atoms with Crippen molar-refractivity contribution in [1.82, 2.24) is 5.32 Å². The number of anilines is 2. The highest BCUT2D eigenvalue weighted by Gasteiger charge is 2.18. The Morgan fingerprint density at radius 1 is 0.860 bits per heavy atom. The van der Waals surface area contributed by atoms with E-state index in [2.05, 4.69) is 16.0 Å². The summed E-state index contributed by atoms with van der Waals surface area (Å²) in [4.78, 5) is 39.8. The molecule has 10 heteroatoms. The molecule has 1 unspecified atom stereocenters. The third-order valence-electron chi connectivity index (χ3n) is 6.03. The van der Waals surface area contributed by atoms with Crippen molar-refractivity contribution in [3.63, 3.8) is 0 Å². The van der Waals surface area contributed by atoms with Gasteiger partial charge in [0, 0.05) is 16.1 Å². The summed E-state index contributed by atoms with van der Waals surface area (Å²) in [6, 6.07) is 27.9. The number of halogens is 2. The Morgan fingerprint density at radius 3 is 2.23 bits per heavy atom. The molecule has 4 aromatic rings. The molecule has 0 heterocycles. The van der Waals surface area contributed by atoms with Crippen LogP contribution < -0.4 is 20.7 Å². The Bertz CT molecular complexity index is 1610. The summed E-state index contributed by atoms with van der Waals surface area (Å²) in [5, 5.41) is 8.57. The Hall–Kier alpha value is -4.24. The highest BCUT2D eigenvalue weighted by atomic mass is 35.5. The highest BCUT2D eigenvalue weighted by Crippen LogP contribution is 2.31. The van der Waals surface area contributed by atoms with Crippen molar-refractivity contribution in [1.29, 1.82) is 0 Å². The summed E-state index contributed by atoms with van der Waals surface area (Å²) in [5.74, 6) is -0.433. The van der Waals surface area contributed by atoms with Crippen molar-refractivity contribution < 1.29 is 19.1 Å². The minimum atomic E-state index is -0.496. The molecule has 3 N–H and O–H groups in total. The van der Waals surface area contributed by atoms with Gasteiger partial charge in [0.15, 0.2) is 0 Å². The van der Waals surface area contributed by atoms with Crippen molar-refractivity contribution in [3.05, 3.63) is 124 Å². The molecular formula is C33H29Cl2N3O4S. The average molecular weight is 635 g/mol. The zero-order chi connectivity index (χ0) is 30.8. The van der Waals surface area contributed by atoms with E-state index in [1.54, 1.807) is 104 Å². The molecule has 0 aromatic heterocycles. The lowest BCUT2D eigenvalue weighted by atomic mass is 10.1. The second kappa shape index (κ2) is 15.3. The maximum Gasteiger partial charge on any atom is 0.272 e. The second-order valence-electron chi connectivity index (χ2n) is 9.21. The SMILES string of the molecule is CCOc1ccc(/C=C(\NC(=O)c2ccccc2)C(=O)Nc2ccc(SC(C)C(=O)Nc3cccc(Cl)c3Cl)cc2)cc1. The zero-order valence-corrected chi connectivity index (χ0v) is 25.7. The van der Waals surface area contributed by atoms with Crippen LogP contribution in [0.5, 0.6) is 5.75 Å². The first kappa shape index (κ1) is 31.7. The first-order chi connectivity index (χ1) is 20.7. The van der Waals surface area contributed by atoms with E-state index in [1.807, 2.05) is 13.0 Å². The molecule has 0 saturated heterocycles. The molecule has 1 atom stereocenters. The van der Waals surface area contributed by atoms with Gasteiger partial charge < -0.3 is 20.7 Å². The lowest BCUT2D eigenvalue weighted by molar-refractivity contribution is -0.115. The third kappa shape index (κ3) is 9.12. The summed E-state index contributed by atoms with van der Waals surface area (Å²) in [6.45, 7) is 4.22. The molecule has 0 aliphatic carbocycles. The molecule has 43 heavy (non-hydrogen) atoms. The van der Waals surface area contributed by atoms with Crippen LogP contribution in [0.1, 0.15) is 29.8 Å². The van der Waals surface area contributed by atoms with E-state index in [1.165, 1.54) is 11.8 Å². The Morgan fingerprint density at radius 2 is 1.56 bits per heavy atom. The topological polar surface area (TPSA) is 96.5 Å². The molecule has 4 rings (SSSR count). The van der Waals surface area contributed by atoms with E-state index in [0.29, 0.717) is 39.9 Å². The lowest BCUT2D eigenvalue weighted by Gasteiger charge is -2.14. The van der Waals surface area contributed by atoms with Gasteiger partial charge in [-0.1, -0.05) is 59.6 Å². The first-order valence-electron chi connectivity index (χ1n) is 13.4. The van der Waals surface area contributed by atoms with Gasteiger partial charge in [-0.25, -0.2) is 0 Å². The maximum absolute atomic E-state index is 13.3. The van der Waals surface area contributed by atoms with Crippen LogP contribution in [0.2, 0.25) is 10.0 Å². The number of nitrogens with one attached hydrogen (secondary N) is 3. The van der Waals surface area contributed by atoms with E-state index >= 15 is 0 Å². The largest absolute Gasteiger partial charge is 0.494 e. The number of benzene rings is 4. The second-order valence-corrected chi connectivity index (χ2v) is 11.4. The number of ether oxygens (including phenoxy) is 1. The third-order valence-corrected chi connectivity index (χ3v) is 7.97. The molecule has 4 aromatic carbocycles. The molecule has 0 fully saturated rings. The van der Waals surface area contributed by atoms with E-state index in [9.17, 15) is 14.4 Å². The standard InChI is InChI=1S/C33H29Cl2N3O4S/c1-3-42-25-16-12-22(13-17-25)20-29(38-32(40)23-8-5-4-6-9-23)33(41)36-24-14-18-26(19-15-24)43-21(2)31(39)37-28-11-7-10-27(34)30(28)35/h4-21H,3H2,1-2H3,(H,36,41)(H,37,39)(H,38,40)/b29-20-. The van der Waals surface area contributed by atoms with E-state index in [4.69, 9.17) is 27.9 Å². The van der Waals surface area contributed by atoms with Crippen molar-refractivity contribution in [3.8, 4) is 5.75 Å². The van der Waals surface area contributed by atoms with Crippen LogP contribution in [-0.4, -0.2) is 29.6 Å². The van der Waals surface area contributed by atoms with Crippen LogP contribution in [0.15, 0.2) is 108 Å². The van der Waals surface area contributed by atoms with Gasteiger partial charge in [0.05, 0.1) is 27.6 Å². The maximum atomic E-state index is 13.3. The number of hydrogen-bond donors (Lipinski definition) is 3. The average Bonchev–Trinajstić information content (AvgIpc) is 3.01. The van der Waals surface area contributed by atoms with Crippen LogP contribution in [-0.2, 0) is 9.59 Å². The predicted octanol–water partition coefficient (Wildman–Crippen LogP) is 7.92. The molecule has 0 spiro atoms. The van der Waals surface area contributed by atoms with Gasteiger partial charge in [0.2, 0.25) is 5.91 Å². The Kier molecular flexibility index (Phi) is 11.3. The van der Waals surface area contributed by atoms with Crippen molar-refractivity contribution in [2.75, 3.05) is 17.2 Å². The van der Waals surface area contributed by atoms with Gasteiger partial charge >= 0.3 is 0 Å². The fourth-order valence-corrected chi connectivity index (χ4v) is 5.06. The quantitative estimate of drug-likeness (QED) is 0.115. The van der Waals surface area contributed by atoms with Gasteiger partial charge in [0.1, 0.15) is 11.4 Å². The Labute approximate surface area is 264 Å². The normalized spacial score (nSPS) is 11.8. The zero-order valence-electron chi connectivity index (χ0n) is 23.4. The van der Waals surface area contributed by atoms with Crippen LogP contribution in [0.4, 0.5) is 11.4 Å². The van der Waals surface area contributed by atoms with E-state index in [0.717, 1.165) is 4.90 Å². The predicted molar refractivity (Wildman–Crippen MR) is 175 cm³/mol. The summed E-state index contributed by atoms with van der Waals surface area (Å²) in [7, 11) is 0. The highest BCUT2D eigenvalue weighted by molar-refractivity contribution is 8.00. The number of carbonyl (C=O) groups is 3. The van der Waals surface area contributed by atoms with E-state index < -0.39 is 17.1 Å².